The second kappa shape index (κ2) is 8.21. The first kappa shape index (κ1) is 18.2. The van der Waals surface area contributed by atoms with Crippen LogP contribution in [0.2, 0.25) is 5.02 Å². The molecule has 3 rings (SSSR count). The summed E-state index contributed by atoms with van der Waals surface area (Å²) in [6.45, 7) is 1.75. The second-order valence-corrected chi connectivity index (χ2v) is 7.33. The van der Waals surface area contributed by atoms with E-state index in [1.165, 1.54) is 17.8 Å². The Labute approximate surface area is 159 Å². The number of hydrogen-bond acceptors (Lipinski definition) is 4. The van der Waals surface area contributed by atoms with Gasteiger partial charge in [0.1, 0.15) is 0 Å². The van der Waals surface area contributed by atoms with Crippen molar-refractivity contribution in [3.8, 4) is 11.3 Å². The van der Waals surface area contributed by atoms with Crippen LogP contribution in [0.25, 0.3) is 11.3 Å². The van der Waals surface area contributed by atoms with Crippen LogP contribution in [0.1, 0.15) is 6.92 Å². The van der Waals surface area contributed by atoms with E-state index in [1.807, 2.05) is 30.3 Å². The van der Waals surface area contributed by atoms with Gasteiger partial charge in [0.15, 0.2) is 5.16 Å². The lowest BCUT2D eigenvalue weighted by molar-refractivity contribution is -0.115. The number of aromatic amines is 1. The molecule has 3 aromatic rings. The summed E-state index contributed by atoms with van der Waals surface area (Å²) in [6, 6.07) is 17.8. The van der Waals surface area contributed by atoms with E-state index in [0.29, 0.717) is 21.6 Å². The largest absolute Gasteiger partial charge is 0.325 e. The molecule has 26 heavy (non-hydrogen) atoms. The molecule has 0 aliphatic rings. The number of H-pyrrole nitrogens is 1. The van der Waals surface area contributed by atoms with Crippen molar-refractivity contribution in [1.82, 2.24) is 9.97 Å². The molecular formula is C19H16ClN3O2S. The van der Waals surface area contributed by atoms with E-state index >= 15 is 0 Å². The number of nitrogens with zero attached hydrogens (tertiary/aromatic N) is 1. The van der Waals surface area contributed by atoms with Crippen molar-refractivity contribution in [3.63, 3.8) is 0 Å². The molecule has 0 radical (unpaired) electrons. The predicted molar refractivity (Wildman–Crippen MR) is 106 cm³/mol. The Morgan fingerprint density at radius 1 is 1.15 bits per heavy atom. The van der Waals surface area contributed by atoms with E-state index < -0.39 is 5.25 Å². The predicted octanol–water partition coefficient (Wildman–Crippen LogP) is 4.21. The number of carbonyl (C=O) groups is 1. The molecule has 0 aliphatic heterocycles. The Morgan fingerprint density at radius 2 is 1.92 bits per heavy atom. The number of halogens is 1. The highest BCUT2D eigenvalue weighted by Gasteiger charge is 2.17. The number of aromatic nitrogens is 2. The maximum absolute atomic E-state index is 12.4. The molecule has 1 unspecified atom stereocenters. The van der Waals surface area contributed by atoms with E-state index in [4.69, 9.17) is 11.6 Å². The lowest BCUT2D eigenvalue weighted by Gasteiger charge is -2.12. The zero-order valence-electron chi connectivity index (χ0n) is 13.9. The lowest BCUT2D eigenvalue weighted by atomic mass is 10.1. The van der Waals surface area contributed by atoms with Crippen LogP contribution in [0.5, 0.6) is 0 Å². The van der Waals surface area contributed by atoms with Crippen LogP contribution in [-0.2, 0) is 4.79 Å². The van der Waals surface area contributed by atoms with Gasteiger partial charge in [-0.05, 0) is 25.1 Å². The fourth-order valence-electron chi connectivity index (χ4n) is 2.28. The summed E-state index contributed by atoms with van der Waals surface area (Å²) >= 11 is 7.11. The molecule has 1 amide bonds. The molecule has 7 heteroatoms. The summed E-state index contributed by atoms with van der Waals surface area (Å²) in [6.07, 6.45) is 0. The minimum atomic E-state index is -0.455. The Morgan fingerprint density at radius 3 is 2.65 bits per heavy atom. The van der Waals surface area contributed by atoms with Crippen LogP contribution in [0.4, 0.5) is 5.69 Å². The summed E-state index contributed by atoms with van der Waals surface area (Å²) in [4.78, 5) is 31.4. The van der Waals surface area contributed by atoms with E-state index in [1.54, 1.807) is 31.2 Å². The Bertz CT molecular complexity index is 976. The van der Waals surface area contributed by atoms with Crippen molar-refractivity contribution < 1.29 is 4.79 Å². The molecule has 2 aromatic carbocycles. The number of nitrogens with one attached hydrogen (secondary N) is 2. The first-order valence-corrected chi connectivity index (χ1v) is 9.17. The quantitative estimate of drug-likeness (QED) is 0.509. The highest BCUT2D eigenvalue weighted by Crippen LogP contribution is 2.23. The maximum Gasteiger partial charge on any atom is 0.252 e. The number of carbonyl (C=O) groups excluding carboxylic acids is 1. The first-order chi connectivity index (χ1) is 12.5. The first-order valence-electron chi connectivity index (χ1n) is 7.91. The van der Waals surface area contributed by atoms with Crippen LogP contribution in [0.3, 0.4) is 0 Å². The molecule has 2 N–H and O–H groups in total. The molecule has 0 bridgehead atoms. The van der Waals surface area contributed by atoms with Gasteiger partial charge in [-0.25, -0.2) is 4.98 Å². The normalized spacial score (nSPS) is 11.8. The number of anilines is 1. The van der Waals surface area contributed by atoms with E-state index in [9.17, 15) is 9.59 Å². The zero-order valence-corrected chi connectivity index (χ0v) is 15.5. The standard InChI is InChI=1S/C19H16ClN3O2S/c1-12(18(25)21-15-9-5-8-14(20)10-15)26-19-22-16(11-17(24)23-19)13-6-3-2-4-7-13/h2-12H,1H3,(H,21,25)(H,22,23,24). The molecule has 1 atom stereocenters. The van der Waals surface area contributed by atoms with Gasteiger partial charge in [0.2, 0.25) is 5.91 Å². The van der Waals surface area contributed by atoms with E-state index in [-0.39, 0.29) is 11.5 Å². The average Bonchev–Trinajstić information content (AvgIpc) is 2.62. The summed E-state index contributed by atoms with van der Waals surface area (Å²) in [7, 11) is 0. The highest BCUT2D eigenvalue weighted by molar-refractivity contribution is 8.00. The highest BCUT2D eigenvalue weighted by atomic mass is 35.5. The third kappa shape index (κ3) is 4.74. The monoisotopic (exact) mass is 385 g/mol. The van der Waals surface area contributed by atoms with Crippen molar-refractivity contribution in [2.24, 2.45) is 0 Å². The summed E-state index contributed by atoms with van der Waals surface area (Å²) < 4.78 is 0. The van der Waals surface area contributed by atoms with Crippen LogP contribution < -0.4 is 10.9 Å². The second-order valence-electron chi connectivity index (χ2n) is 5.56. The van der Waals surface area contributed by atoms with Crippen molar-refractivity contribution in [2.45, 2.75) is 17.3 Å². The van der Waals surface area contributed by atoms with Crippen LogP contribution in [-0.4, -0.2) is 21.1 Å². The van der Waals surface area contributed by atoms with Crippen LogP contribution in [0, 0.1) is 0 Å². The fraction of sp³-hybridized carbons (Fsp3) is 0.105. The van der Waals surface area contributed by atoms with E-state index in [2.05, 4.69) is 15.3 Å². The molecule has 0 saturated carbocycles. The summed E-state index contributed by atoms with van der Waals surface area (Å²) in [5.74, 6) is -0.204. The van der Waals surface area contributed by atoms with Crippen molar-refractivity contribution in [3.05, 3.63) is 76.0 Å². The molecule has 0 aliphatic carbocycles. The average molecular weight is 386 g/mol. The summed E-state index contributed by atoms with van der Waals surface area (Å²) in [5.41, 5.74) is 1.77. The molecular weight excluding hydrogens is 370 g/mol. The SMILES string of the molecule is CC(Sc1nc(-c2ccccc2)cc(=O)[nH]1)C(=O)Nc1cccc(Cl)c1. The lowest BCUT2D eigenvalue weighted by Crippen LogP contribution is -2.23. The van der Waals surface area contributed by atoms with Gasteiger partial charge >= 0.3 is 0 Å². The van der Waals surface area contributed by atoms with Gasteiger partial charge in [-0.3, -0.25) is 9.59 Å². The maximum atomic E-state index is 12.4. The smallest absolute Gasteiger partial charge is 0.252 e. The summed E-state index contributed by atoms with van der Waals surface area (Å²) in [5, 5.41) is 3.28. The number of rotatable bonds is 5. The Balaban J connectivity index is 1.74. The number of thioether (sulfide) groups is 1. The van der Waals surface area contributed by atoms with Gasteiger partial charge in [-0.2, -0.15) is 0 Å². The molecule has 1 aromatic heterocycles. The third-order valence-electron chi connectivity index (χ3n) is 3.54. The van der Waals surface area contributed by atoms with Gasteiger partial charge in [0.25, 0.3) is 5.56 Å². The van der Waals surface area contributed by atoms with Crippen LogP contribution in [0.15, 0.2) is 70.6 Å². The van der Waals surface area contributed by atoms with Crippen molar-refractivity contribution in [2.75, 3.05) is 5.32 Å². The van der Waals surface area contributed by atoms with Crippen molar-refractivity contribution >= 4 is 35.0 Å². The van der Waals surface area contributed by atoms with Gasteiger partial charge in [0, 0.05) is 22.3 Å². The van der Waals surface area contributed by atoms with Gasteiger partial charge < -0.3 is 10.3 Å². The number of hydrogen-bond donors (Lipinski definition) is 2. The van der Waals surface area contributed by atoms with Gasteiger partial charge in [-0.1, -0.05) is 59.8 Å². The van der Waals surface area contributed by atoms with Gasteiger partial charge in [0.05, 0.1) is 10.9 Å². The van der Waals surface area contributed by atoms with Crippen LogP contribution >= 0.6 is 23.4 Å². The van der Waals surface area contributed by atoms with E-state index in [0.717, 1.165) is 5.56 Å². The topological polar surface area (TPSA) is 74.8 Å². The third-order valence-corrected chi connectivity index (χ3v) is 4.76. The molecule has 0 spiro atoms. The molecule has 5 nitrogen and oxygen atoms in total. The Kier molecular flexibility index (Phi) is 5.75. The van der Waals surface area contributed by atoms with Crippen molar-refractivity contribution in [1.29, 1.82) is 0 Å². The minimum Gasteiger partial charge on any atom is -0.325 e. The number of benzene rings is 2. The molecule has 0 saturated heterocycles. The molecule has 0 fully saturated rings. The number of amides is 1. The fourth-order valence-corrected chi connectivity index (χ4v) is 3.28. The Hall–Kier alpha value is -2.57. The molecule has 1 heterocycles. The minimum absolute atomic E-state index is 0.204. The zero-order chi connectivity index (χ0) is 18.5. The molecule has 132 valence electrons. The van der Waals surface area contributed by atoms with Gasteiger partial charge in [-0.15, -0.1) is 0 Å².